The van der Waals surface area contributed by atoms with Gasteiger partial charge in [-0.25, -0.2) is 9.59 Å². The first kappa shape index (κ1) is 21.0. The average molecular weight is 446 g/mol. The van der Waals surface area contributed by atoms with Crippen molar-refractivity contribution in [2.75, 3.05) is 33.3 Å². The molecule has 0 saturated carbocycles. The summed E-state index contributed by atoms with van der Waals surface area (Å²) in [4.78, 5) is 41.2. The molecule has 0 spiro atoms. The van der Waals surface area contributed by atoms with E-state index in [9.17, 15) is 14.4 Å². The summed E-state index contributed by atoms with van der Waals surface area (Å²) in [7, 11) is 1.59. The molecule has 33 heavy (non-hydrogen) atoms. The van der Waals surface area contributed by atoms with E-state index in [1.807, 2.05) is 18.2 Å². The van der Waals surface area contributed by atoms with E-state index in [-0.39, 0.29) is 11.5 Å². The highest BCUT2D eigenvalue weighted by Gasteiger charge is 2.25. The lowest BCUT2D eigenvalue weighted by atomic mass is 10.1. The third-order valence-corrected chi connectivity index (χ3v) is 5.96. The fraction of sp³-hybridized carbons (Fsp3) is 0.240. The van der Waals surface area contributed by atoms with Gasteiger partial charge in [0.05, 0.1) is 7.11 Å². The lowest BCUT2D eigenvalue weighted by molar-refractivity contribution is 0.0625. The summed E-state index contributed by atoms with van der Waals surface area (Å²) in [6, 6.07) is 15.6. The van der Waals surface area contributed by atoms with E-state index in [2.05, 4.69) is 4.90 Å². The summed E-state index contributed by atoms with van der Waals surface area (Å²) in [5.41, 5.74) is 0.822. The minimum Gasteiger partial charge on any atom is -0.497 e. The zero-order valence-electron chi connectivity index (χ0n) is 18.1. The van der Waals surface area contributed by atoms with E-state index < -0.39 is 11.3 Å². The Morgan fingerprint density at radius 3 is 2.52 bits per heavy atom. The number of rotatable bonds is 4. The maximum Gasteiger partial charge on any atom is 0.349 e. The smallest absolute Gasteiger partial charge is 0.349 e. The lowest BCUT2D eigenvalue weighted by Gasteiger charge is -2.34. The van der Waals surface area contributed by atoms with Gasteiger partial charge in [-0.1, -0.05) is 18.2 Å². The Hall–Kier alpha value is -3.91. The van der Waals surface area contributed by atoms with Crippen LogP contribution in [0.15, 0.2) is 73.0 Å². The van der Waals surface area contributed by atoms with Crippen molar-refractivity contribution in [2.45, 2.75) is 6.54 Å². The molecular weight excluding hydrogens is 424 g/mol. The van der Waals surface area contributed by atoms with Crippen LogP contribution in [0.4, 0.5) is 0 Å². The normalized spacial score (nSPS) is 14.6. The first-order chi connectivity index (χ1) is 16.0. The zero-order chi connectivity index (χ0) is 22.9. The molecule has 1 saturated heterocycles. The second-order valence-corrected chi connectivity index (χ2v) is 8.01. The summed E-state index contributed by atoms with van der Waals surface area (Å²) in [6.45, 7) is 2.68. The number of nitrogens with zero attached hydrogens (tertiary/aromatic N) is 2. The molecule has 0 radical (unpaired) electrons. The largest absolute Gasteiger partial charge is 0.497 e. The van der Waals surface area contributed by atoms with Crippen LogP contribution in [0.5, 0.6) is 5.75 Å². The minimum absolute atomic E-state index is 0.0425. The Balaban J connectivity index is 1.32. The zero-order valence-corrected chi connectivity index (χ0v) is 18.1. The molecule has 2 aromatic carbocycles. The Morgan fingerprint density at radius 1 is 0.939 bits per heavy atom. The Kier molecular flexibility index (Phi) is 5.43. The second kappa shape index (κ2) is 8.55. The molecule has 168 valence electrons. The number of piperazine rings is 1. The van der Waals surface area contributed by atoms with Crippen molar-refractivity contribution in [1.29, 1.82) is 0 Å². The van der Waals surface area contributed by atoms with Gasteiger partial charge < -0.3 is 18.5 Å². The van der Waals surface area contributed by atoms with Crippen molar-refractivity contribution >= 4 is 27.8 Å². The van der Waals surface area contributed by atoms with Gasteiger partial charge in [-0.05, 0) is 35.9 Å². The number of benzene rings is 2. The van der Waals surface area contributed by atoms with Crippen LogP contribution < -0.4 is 16.0 Å². The number of ether oxygens (including phenoxy) is 1. The predicted octanol–water partition coefficient (Wildman–Crippen LogP) is 2.87. The number of hydrogen-bond donors (Lipinski definition) is 0. The van der Waals surface area contributed by atoms with Crippen molar-refractivity contribution in [3.05, 3.63) is 86.6 Å². The van der Waals surface area contributed by atoms with Crippen LogP contribution in [0.25, 0.3) is 21.9 Å². The third-order valence-electron chi connectivity index (χ3n) is 5.96. The summed E-state index contributed by atoms with van der Waals surface area (Å²) >= 11 is 0. The summed E-state index contributed by atoms with van der Waals surface area (Å²) in [5.74, 6) is 0.354. The highest BCUT2D eigenvalue weighted by Crippen LogP contribution is 2.24. The fourth-order valence-electron chi connectivity index (χ4n) is 4.20. The summed E-state index contributed by atoms with van der Waals surface area (Å²) in [5, 5.41) is 1.53. The molecule has 4 aromatic rings. The minimum atomic E-state index is -0.627. The summed E-state index contributed by atoms with van der Waals surface area (Å²) in [6.07, 6.45) is 0. The molecule has 3 heterocycles. The molecule has 2 aromatic heterocycles. The fourth-order valence-corrected chi connectivity index (χ4v) is 4.20. The number of carbonyl (C=O) groups is 1. The van der Waals surface area contributed by atoms with Gasteiger partial charge >= 0.3 is 11.3 Å². The second-order valence-electron chi connectivity index (χ2n) is 8.01. The molecule has 0 N–H and O–H groups in total. The Bertz CT molecular complexity index is 1460. The van der Waals surface area contributed by atoms with E-state index in [0.29, 0.717) is 55.0 Å². The number of carbonyl (C=O) groups excluding carboxylic acids is 1. The highest BCUT2D eigenvalue weighted by molar-refractivity contribution is 5.96. The number of para-hydroxylation sites is 1. The molecule has 5 rings (SSSR count). The number of methoxy groups -OCH3 is 1. The van der Waals surface area contributed by atoms with E-state index in [1.165, 1.54) is 6.07 Å². The first-order valence-corrected chi connectivity index (χ1v) is 10.7. The Labute approximate surface area is 188 Å². The van der Waals surface area contributed by atoms with Crippen molar-refractivity contribution in [1.82, 2.24) is 9.80 Å². The van der Waals surface area contributed by atoms with Gasteiger partial charge in [-0.3, -0.25) is 9.69 Å². The molecule has 0 unspecified atom stereocenters. The number of hydrogen-bond acceptors (Lipinski definition) is 7. The van der Waals surface area contributed by atoms with Crippen molar-refractivity contribution in [3.63, 3.8) is 0 Å². The predicted molar refractivity (Wildman–Crippen MR) is 123 cm³/mol. The van der Waals surface area contributed by atoms with Crippen LogP contribution in [0.1, 0.15) is 15.9 Å². The maximum absolute atomic E-state index is 13.0. The molecule has 1 aliphatic heterocycles. The van der Waals surface area contributed by atoms with Crippen molar-refractivity contribution in [3.8, 4) is 5.75 Å². The molecule has 1 fully saturated rings. The SMILES string of the molecule is COc1ccc2oc(=O)cc(CN3CCN(C(=O)c4cc5ccccc5oc4=O)CC3)c2c1. The highest BCUT2D eigenvalue weighted by atomic mass is 16.5. The molecule has 0 atom stereocenters. The molecule has 0 aliphatic carbocycles. The van der Waals surface area contributed by atoms with Gasteiger partial charge in [0.2, 0.25) is 0 Å². The van der Waals surface area contributed by atoms with Gasteiger partial charge in [-0.15, -0.1) is 0 Å². The van der Waals surface area contributed by atoms with Gasteiger partial charge in [0.25, 0.3) is 5.91 Å². The molecule has 8 heteroatoms. The van der Waals surface area contributed by atoms with E-state index in [4.69, 9.17) is 13.6 Å². The average Bonchev–Trinajstić information content (AvgIpc) is 2.83. The quantitative estimate of drug-likeness (QED) is 0.445. The Morgan fingerprint density at radius 2 is 1.73 bits per heavy atom. The van der Waals surface area contributed by atoms with Crippen LogP contribution in [0.2, 0.25) is 0 Å². The van der Waals surface area contributed by atoms with Gasteiger partial charge in [0.15, 0.2) is 0 Å². The van der Waals surface area contributed by atoms with Crippen LogP contribution in [-0.2, 0) is 6.54 Å². The van der Waals surface area contributed by atoms with E-state index in [1.54, 1.807) is 42.3 Å². The maximum atomic E-state index is 13.0. The molecule has 1 amide bonds. The van der Waals surface area contributed by atoms with Crippen LogP contribution in [0, 0.1) is 0 Å². The lowest BCUT2D eigenvalue weighted by Crippen LogP contribution is -2.49. The molecular formula is C25H22N2O6. The summed E-state index contributed by atoms with van der Waals surface area (Å²) < 4.78 is 15.9. The molecule has 1 aliphatic rings. The van der Waals surface area contributed by atoms with Crippen LogP contribution >= 0.6 is 0 Å². The van der Waals surface area contributed by atoms with Gasteiger partial charge in [0, 0.05) is 49.6 Å². The molecule has 8 nitrogen and oxygen atoms in total. The number of fused-ring (bicyclic) bond motifs is 2. The monoisotopic (exact) mass is 446 g/mol. The van der Waals surface area contributed by atoms with Crippen molar-refractivity contribution in [2.24, 2.45) is 0 Å². The van der Waals surface area contributed by atoms with Crippen molar-refractivity contribution < 1.29 is 18.4 Å². The first-order valence-electron chi connectivity index (χ1n) is 10.7. The molecule has 0 bridgehead atoms. The van der Waals surface area contributed by atoms with Gasteiger partial charge in [0.1, 0.15) is 22.5 Å². The van der Waals surface area contributed by atoms with Crippen LogP contribution in [0.3, 0.4) is 0 Å². The van der Waals surface area contributed by atoms with E-state index in [0.717, 1.165) is 10.9 Å². The van der Waals surface area contributed by atoms with Crippen LogP contribution in [-0.4, -0.2) is 49.0 Å². The van der Waals surface area contributed by atoms with E-state index >= 15 is 0 Å². The topological polar surface area (TPSA) is 93.2 Å². The van der Waals surface area contributed by atoms with Gasteiger partial charge in [-0.2, -0.15) is 0 Å². The standard InChI is InChI=1S/C25H22N2O6/c1-31-18-6-7-22-19(14-18)17(13-23(28)32-22)15-26-8-10-27(11-9-26)24(29)20-12-16-4-2-3-5-21(16)33-25(20)30/h2-7,12-14H,8-11,15H2,1H3. The number of amides is 1. The third kappa shape index (κ3) is 4.12.